The molecule has 1 aliphatic rings. The van der Waals surface area contributed by atoms with Gasteiger partial charge in [0.15, 0.2) is 5.78 Å². The molecule has 214 valence electrons. The topological polar surface area (TPSA) is 91.5 Å². The molecule has 8 nitrogen and oxygen atoms in total. The maximum absolute atomic E-state index is 12.6. The lowest BCUT2D eigenvalue weighted by Crippen LogP contribution is -2.12. The lowest BCUT2D eigenvalue weighted by atomic mass is 9.88. The van der Waals surface area contributed by atoms with Crippen LogP contribution in [0.1, 0.15) is 67.0 Å². The van der Waals surface area contributed by atoms with Crippen molar-refractivity contribution in [2.45, 2.75) is 52.6 Å². The Balaban J connectivity index is 1.09. The Kier molecular flexibility index (Phi) is 6.83. The van der Waals surface area contributed by atoms with Crippen molar-refractivity contribution in [3.8, 4) is 32.8 Å². The van der Waals surface area contributed by atoms with Crippen molar-refractivity contribution < 1.29 is 14.3 Å². The third kappa shape index (κ3) is 5.56. The molecule has 0 amide bonds. The summed E-state index contributed by atoms with van der Waals surface area (Å²) in [5, 5.41) is 9.59. The van der Waals surface area contributed by atoms with Gasteiger partial charge in [-0.15, -0.1) is 22.7 Å². The van der Waals surface area contributed by atoms with Crippen molar-refractivity contribution >= 4 is 55.0 Å². The van der Waals surface area contributed by atoms with E-state index in [0.29, 0.717) is 30.4 Å². The Morgan fingerprint density at radius 3 is 2.57 bits per heavy atom. The van der Waals surface area contributed by atoms with Gasteiger partial charge in [0.25, 0.3) is 0 Å². The number of aromatic nitrogens is 5. The summed E-state index contributed by atoms with van der Waals surface area (Å²) in [6.45, 7) is 6.53. The largest absolute Gasteiger partial charge is 0.497 e. The van der Waals surface area contributed by atoms with Gasteiger partial charge >= 0.3 is 0 Å². The SMILES string of the molecule is COc1cc(OCc2csc(-c3ccc(C(=O)CC(C)(C)C)cc3)n2)c2sc(-c3cn4nc(C5CC5)sc4n3)nc2c1. The van der Waals surface area contributed by atoms with Gasteiger partial charge in [0.2, 0.25) is 4.96 Å². The van der Waals surface area contributed by atoms with Crippen molar-refractivity contribution in [1.29, 1.82) is 0 Å². The number of carbonyl (C=O) groups excluding carboxylic acids is 1. The zero-order chi connectivity index (χ0) is 29.0. The molecular weight excluding hydrogens is 587 g/mol. The zero-order valence-corrected chi connectivity index (χ0v) is 26.2. The number of hydrogen-bond donors (Lipinski definition) is 0. The second-order valence-electron chi connectivity index (χ2n) is 11.7. The molecular formula is C31H29N5O3S3. The van der Waals surface area contributed by atoms with E-state index in [1.165, 1.54) is 17.8 Å². The third-order valence-electron chi connectivity index (χ3n) is 6.94. The van der Waals surface area contributed by atoms with Crippen LogP contribution in [0.25, 0.3) is 36.5 Å². The molecule has 0 unspecified atom stereocenters. The smallest absolute Gasteiger partial charge is 0.212 e. The lowest BCUT2D eigenvalue weighted by Gasteiger charge is -2.16. The molecule has 0 aliphatic heterocycles. The van der Waals surface area contributed by atoms with Crippen LogP contribution in [0.4, 0.5) is 0 Å². The molecule has 1 saturated carbocycles. The van der Waals surface area contributed by atoms with Crippen molar-refractivity contribution in [2.24, 2.45) is 5.41 Å². The minimum Gasteiger partial charge on any atom is -0.497 e. The number of rotatable bonds is 9. The van der Waals surface area contributed by atoms with Crippen LogP contribution in [0.3, 0.4) is 0 Å². The molecule has 7 rings (SSSR count). The van der Waals surface area contributed by atoms with Crippen molar-refractivity contribution in [3.63, 3.8) is 0 Å². The zero-order valence-electron chi connectivity index (χ0n) is 23.7. The molecule has 0 atom stereocenters. The molecule has 1 fully saturated rings. The summed E-state index contributed by atoms with van der Waals surface area (Å²) in [4.78, 5) is 27.9. The summed E-state index contributed by atoms with van der Waals surface area (Å²) in [6, 6.07) is 11.5. The van der Waals surface area contributed by atoms with E-state index in [0.717, 1.165) is 47.7 Å². The highest BCUT2D eigenvalue weighted by molar-refractivity contribution is 7.22. The molecule has 4 heterocycles. The van der Waals surface area contributed by atoms with E-state index in [9.17, 15) is 4.79 Å². The highest BCUT2D eigenvalue weighted by Gasteiger charge is 2.28. The van der Waals surface area contributed by atoms with E-state index in [4.69, 9.17) is 29.5 Å². The fourth-order valence-corrected chi connectivity index (χ4v) is 7.49. The van der Waals surface area contributed by atoms with Gasteiger partial charge in [0, 0.05) is 41.0 Å². The number of imidazole rings is 1. The molecule has 6 aromatic rings. The Hall–Kier alpha value is -3.67. The molecule has 1 aliphatic carbocycles. The number of ketones is 1. The highest BCUT2D eigenvalue weighted by Crippen LogP contribution is 2.43. The first kappa shape index (κ1) is 27.2. The Morgan fingerprint density at radius 1 is 1.05 bits per heavy atom. The molecule has 42 heavy (non-hydrogen) atoms. The van der Waals surface area contributed by atoms with Crippen molar-refractivity contribution in [3.05, 3.63) is 64.2 Å². The minimum absolute atomic E-state index is 0.0393. The van der Waals surface area contributed by atoms with Gasteiger partial charge in [0.05, 0.1) is 29.2 Å². The van der Waals surface area contributed by atoms with Crippen LogP contribution < -0.4 is 9.47 Å². The van der Waals surface area contributed by atoms with Crippen LogP contribution in [-0.2, 0) is 6.61 Å². The number of ether oxygens (including phenoxy) is 2. The molecule has 0 spiro atoms. The highest BCUT2D eigenvalue weighted by atomic mass is 32.1. The maximum Gasteiger partial charge on any atom is 0.212 e. The van der Waals surface area contributed by atoms with Crippen LogP contribution in [0.15, 0.2) is 48.0 Å². The van der Waals surface area contributed by atoms with Crippen LogP contribution in [0.2, 0.25) is 0 Å². The van der Waals surface area contributed by atoms with Gasteiger partial charge in [-0.2, -0.15) is 5.10 Å². The second-order valence-corrected chi connectivity index (χ2v) is 14.6. The molecule has 0 saturated heterocycles. The predicted octanol–water partition coefficient (Wildman–Crippen LogP) is 8.27. The summed E-state index contributed by atoms with van der Waals surface area (Å²) in [5.74, 6) is 2.14. The molecule has 0 N–H and O–H groups in total. The molecule has 4 aromatic heterocycles. The maximum atomic E-state index is 12.6. The number of carbonyl (C=O) groups is 1. The van der Waals surface area contributed by atoms with Gasteiger partial charge in [-0.1, -0.05) is 56.4 Å². The van der Waals surface area contributed by atoms with Crippen molar-refractivity contribution in [2.75, 3.05) is 7.11 Å². The predicted molar refractivity (Wildman–Crippen MR) is 168 cm³/mol. The summed E-state index contributed by atoms with van der Waals surface area (Å²) in [7, 11) is 1.64. The number of hydrogen-bond acceptors (Lipinski definition) is 10. The second kappa shape index (κ2) is 10.6. The molecule has 0 radical (unpaired) electrons. The van der Waals surface area contributed by atoms with E-state index < -0.39 is 0 Å². The standard InChI is InChI=1S/C31H29N5O3S3/c1-31(2,3)13-24(37)17-5-7-18(8-6-17)27-32-20(16-40-27)15-39-25-12-21(38-4)11-22-26(25)41-29(33-22)23-14-36-30(34-23)42-28(35-36)19-9-10-19/h5-8,11-12,14,16,19H,9-10,13,15H2,1-4H3. The Bertz CT molecular complexity index is 1890. The molecule has 2 aromatic carbocycles. The number of nitrogens with zero attached hydrogens (tertiary/aromatic N) is 5. The number of methoxy groups -OCH3 is 1. The summed E-state index contributed by atoms with van der Waals surface area (Å²) in [5.41, 5.74) is 4.10. The summed E-state index contributed by atoms with van der Waals surface area (Å²) < 4.78 is 14.6. The minimum atomic E-state index is -0.0393. The fourth-order valence-electron chi connectivity index (χ4n) is 4.67. The number of thiazole rings is 2. The monoisotopic (exact) mass is 615 g/mol. The molecule has 0 bridgehead atoms. The first-order chi connectivity index (χ1) is 20.2. The first-order valence-corrected chi connectivity index (χ1v) is 16.3. The van der Waals surface area contributed by atoms with Crippen LogP contribution in [-0.4, -0.2) is 37.5 Å². The average molecular weight is 616 g/mol. The van der Waals surface area contributed by atoms with Gasteiger partial charge in [0.1, 0.15) is 38.8 Å². The normalized spacial score (nSPS) is 13.7. The van der Waals surface area contributed by atoms with E-state index in [1.54, 1.807) is 41.1 Å². The number of fused-ring (bicyclic) bond motifs is 2. The average Bonchev–Trinajstić information content (AvgIpc) is 3.29. The van der Waals surface area contributed by atoms with Gasteiger partial charge in [-0.25, -0.2) is 19.5 Å². The first-order valence-electron chi connectivity index (χ1n) is 13.8. The van der Waals surface area contributed by atoms with E-state index in [1.807, 2.05) is 52.5 Å². The van der Waals surface area contributed by atoms with Crippen LogP contribution in [0, 0.1) is 5.41 Å². The molecule has 11 heteroatoms. The van der Waals surface area contributed by atoms with E-state index >= 15 is 0 Å². The van der Waals surface area contributed by atoms with Gasteiger partial charge < -0.3 is 9.47 Å². The number of benzene rings is 2. The van der Waals surface area contributed by atoms with Gasteiger partial charge in [-0.3, -0.25) is 4.79 Å². The van der Waals surface area contributed by atoms with E-state index in [-0.39, 0.29) is 11.2 Å². The Labute approximate surface area is 255 Å². The van der Waals surface area contributed by atoms with E-state index in [2.05, 4.69) is 20.8 Å². The van der Waals surface area contributed by atoms with Crippen LogP contribution in [0.5, 0.6) is 11.5 Å². The van der Waals surface area contributed by atoms with Gasteiger partial charge in [-0.05, 0) is 18.3 Å². The number of Topliss-reactive ketones (excluding diaryl/α,β-unsaturated/α-hetero) is 1. The summed E-state index contributed by atoms with van der Waals surface area (Å²) >= 11 is 4.76. The van der Waals surface area contributed by atoms with Crippen LogP contribution >= 0.6 is 34.0 Å². The Morgan fingerprint density at radius 2 is 1.86 bits per heavy atom. The third-order valence-corrected chi connectivity index (χ3v) is 10.1. The fraction of sp³-hybridized carbons (Fsp3) is 0.323. The van der Waals surface area contributed by atoms with Crippen molar-refractivity contribution in [1.82, 2.24) is 24.6 Å². The summed E-state index contributed by atoms with van der Waals surface area (Å²) in [6.07, 6.45) is 4.92. The lowest BCUT2D eigenvalue weighted by molar-refractivity contribution is 0.0940. The quantitative estimate of drug-likeness (QED) is 0.151.